The van der Waals surface area contributed by atoms with Gasteiger partial charge in [-0.3, -0.25) is 4.79 Å². The first-order chi connectivity index (χ1) is 14.1. The number of anilines is 1. The van der Waals surface area contributed by atoms with Gasteiger partial charge in [-0.1, -0.05) is 12.1 Å². The summed E-state index contributed by atoms with van der Waals surface area (Å²) in [5.74, 6) is -2.70. The molecule has 158 valence electrons. The van der Waals surface area contributed by atoms with E-state index in [2.05, 4.69) is 21.6 Å². The van der Waals surface area contributed by atoms with Crippen molar-refractivity contribution >= 4 is 11.7 Å². The molecule has 1 fully saturated rings. The first-order valence-electron chi connectivity index (χ1n) is 9.24. The summed E-state index contributed by atoms with van der Waals surface area (Å²) in [5.41, 5.74) is 2.14. The summed E-state index contributed by atoms with van der Waals surface area (Å²) in [6.07, 6.45) is -4.67. The molecular weight excluding hydrogens is 402 g/mol. The lowest BCUT2D eigenvalue weighted by Gasteiger charge is -2.40. The van der Waals surface area contributed by atoms with Gasteiger partial charge in [0.25, 0.3) is 0 Å². The molecule has 2 heterocycles. The Morgan fingerprint density at radius 3 is 2.50 bits per heavy atom. The van der Waals surface area contributed by atoms with Crippen LogP contribution in [-0.4, -0.2) is 41.4 Å². The highest BCUT2D eigenvalue weighted by molar-refractivity contribution is 5.82. The number of carbonyl (C=O) groups excluding carboxylic acids is 1. The van der Waals surface area contributed by atoms with Gasteiger partial charge in [0.15, 0.2) is 5.82 Å². The normalized spacial score (nSPS) is 19.3. The number of amides is 1. The molecule has 0 aliphatic carbocycles. The molecule has 2 atom stereocenters. The second kappa shape index (κ2) is 8.26. The van der Waals surface area contributed by atoms with Crippen molar-refractivity contribution in [3.8, 4) is 6.07 Å². The molecule has 0 spiro atoms. The van der Waals surface area contributed by atoms with Gasteiger partial charge in [-0.05, 0) is 43.5 Å². The molecule has 6 nitrogen and oxygen atoms in total. The molecule has 0 radical (unpaired) electrons. The van der Waals surface area contributed by atoms with Gasteiger partial charge >= 0.3 is 12.1 Å². The van der Waals surface area contributed by atoms with Crippen LogP contribution >= 0.6 is 0 Å². The SMILES string of the molecule is Cc1nnc(N2CCC(c3ccc(F)cc3)C(NC(=O)C(F)(F)F)C2)c(C#N)c1C. The van der Waals surface area contributed by atoms with E-state index in [0.29, 0.717) is 35.3 Å². The molecule has 2 unspecified atom stereocenters. The molecular formula is C20H19F4N5O. The lowest BCUT2D eigenvalue weighted by molar-refractivity contribution is -0.174. The average Bonchev–Trinajstić information content (AvgIpc) is 2.70. The van der Waals surface area contributed by atoms with Crippen LogP contribution in [0.15, 0.2) is 24.3 Å². The molecule has 3 rings (SSSR count). The number of halogens is 4. The Kier molecular flexibility index (Phi) is 5.92. The van der Waals surface area contributed by atoms with Gasteiger partial charge in [0.2, 0.25) is 0 Å². The van der Waals surface area contributed by atoms with Crippen molar-refractivity contribution < 1.29 is 22.4 Å². The zero-order chi connectivity index (χ0) is 22.1. The summed E-state index contributed by atoms with van der Waals surface area (Å²) >= 11 is 0. The molecule has 1 amide bonds. The van der Waals surface area contributed by atoms with Crippen LogP contribution in [0.1, 0.15) is 34.7 Å². The van der Waals surface area contributed by atoms with Crippen molar-refractivity contribution in [2.45, 2.75) is 38.4 Å². The Balaban J connectivity index is 1.94. The molecule has 30 heavy (non-hydrogen) atoms. The third-order valence-corrected chi connectivity index (χ3v) is 5.33. The molecule has 1 N–H and O–H groups in total. The van der Waals surface area contributed by atoms with Crippen molar-refractivity contribution in [1.82, 2.24) is 15.5 Å². The fourth-order valence-electron chi connectivity index (χ4n) is 3.60. The number of nitrogens with one attached hydrogen (secondary N) is 1. The molecule has 0 bridgehead atoms. The molecule has 1 aromatic carbocycles. The smallest absolute Gasteiger partial charge is 0.352 e. The van der Waals surface area contributed by atoms with Crippen molar-refractivity contribution in [2.75, 3.05) is 18.0 Å². The van der Waals surface area contributed by atoms with E-state index >= 15 is 0 Å². The minimum absolute atomic E-state index is 0.00424. The van der Waals surface area contributed by atoms with E-state index in [4.69, 9.17) is 0 Å². The molecule has 1 aromatic heterocycles. The Morgan fingerprint density at radius 1 is 1.23 bits per heavy atom. The number of hydrogen-bond donors (Lipinski definition) is 1. The van der Waals surface area contributed by atoms with E-state index in [0.717, 1.165) is 0 Å². The van der Waals surface area contributed by atoms with Crippen LogP contribution < -0.4 is 10.2 Å². The van der Waals surface area contributed by atoms with E-state index in [1.807, 2.05) is 0 Å². The number of aromatic nitrogens is 2. The lowest BCUT2D eigenvalue weighted by atomic mass is 9.85. The van der Waals surface area contributed by atoms with Crippen LogP contribution in [-0.2, 0) is 4.79 Å². The summed E-state index contributed by atoms with van der Waals surface area (Å²) in [6.45, 7) is 3.81. The zero-order valence-electron chi connectivity index (χ0n) is 16.3. The number of rotatable bonds is 3. The molecule has 2 aromatic rings. The van der Waals surface area contributed by atoms with Crippen LogP contribution in [0.4, 0.5) is 23.4 Å². The number of carbonyl (C=O) groups is 1. The van der Waals surface area contributed by atoms with Gasteiger partial charge in [-0.2, -0.15) is 23.5 Å². The predicted octanol–water partition coefficient (Wildman–Crippen LogP) is 3.15. The van der Waals surface area contributed by atoms with Gasteiger partial charge in [-0.25, -0.2) is 4.39 Å². The van der Waals surface area contributed by atoms with E-state index < -0.39 is 29.9 Å². The first-order valence-corrected chi connectivity index (χ1v) is 9.24. The number of hydrogen-bond acceptors (Lipinski definition) is 5. The minimum atomic E-state index is -5.03. The quantitative estimate of drug-likeness (QED) is 0.770. The van der Waals surface area contributed by atoms with Gasteiger partial charge < -0.3 is 10.2 Å². The third kappa shape index (κ3) is 4.35. The van der Waals surface area contributed by atoms with E-state index in [-0.39, 0.29) is 12.4 Å². The van der Waals surface area contributed by atoms with Gasteiger partial charge in [0.1, 0.15) is 17.4 Å². The second-order valence-electron chi connectivity index (χ2n) is 7.19. The Bertz CT molecular complexity index is 984. The van der Waals surface area contributed by atoms with Crippen LogP contribution in [0.3, 0.4) is 0 Å². The topological polar surface area (TPSA) is 81.9 Å². The second-order valence-corrected chi connectivity index (χ2v) is 7.19. The molecule has 1 aliphatic heterocycles. The van der Waals surface area contributed by atoms with Gasteiger partial charge in [-0.15, -0.1) is 5.10 Å². The molecule has 10 heteroatoms. The highest BCUT2D eigenvalue weighted by Gasteiger charge is 2.42. The fourth-order valence-corrected chi connectivity index (χ4v) is 3.60. The zero-order valence-corrected chi connectivity index (χ0v) is 16.3. The number of aryl methyl sites for hydroxylation is 1. The Labute approximate surface area is 170 Å². The van der Waals surface area contributed by atoms with Gasteiger partial charge in [0, 0.05) is 19.0 Å². The summed E-state index contributed by atoms with van der Waals surface area (Å²) in [6, 6.07) is 6.61. The highest BCUT2D eigenvalue weighted by Crippen LogP contribution is 2.33. The number of benzene rings is 1. The average molecular weight is 421 g/mol. The van der Waals surface area contributed by atoms with Crippen LogP contribution in [0.25, 0.3) is 0 Å². The lowest BCUT2D eigenvalue weighted by Crippen LogP contribution is -2.54. The first kappa shape index (κ1) is 21.5. The van der Waals surface area contributed by atoms with Crippen molar-refractivity contribution in [2.24, 2.45) is 0 Å². The predicted molar refractivity (Wildman–Crippen MR) is 100 cm³/mol. The largest absolute Gasteiger partial charge is 0.471 e. The maximum absolute atomic E-state index is 13.3. The number of alkyl halides is 3. The number of piperidine rings is 1. The number of nitriles is 1. The Morgan fingerprint density at radius 2 is 1.90 bits per heavy atom. The monoisotopic (exact) mass is 421 g/mol. The summed E-state index contributed by atoms with van der Waals surface area (Å²) < 4.78 is 51.9. The molecule has 1 aliphatic rings. The number of nitrogens with zero attached hydrogens (tertiary/aromatic N) is 4. The summed E-state index contributed by atoms with van der Waals surface area (Å²) in [7, 11) is 0. The molecule has 0 saturated carbocycles. The Hall–Kier alpha value is -3.22. The maximum atomic E-state index is 13.3. The van der Waals surface area contributed by atoms with Crippen molar-refractivity contribution in [1.29, 1.82) is 5.26 Å². The van der Waals surface area contributed by atoms with Crippen molar-refractivity contribution in [3.05, 3.63) is 52.5 Å². The standard InChI is InChI=1S/C20H19F4N5O/c1-11-12(2)27-28-18(16(11)9-25)29-8-7-15(13-3-5-14(21)6-4-13)17(10-29)26-19(30)20(22,23)24/h3-6,15,17H,7-8,10H2,1-2H3,(H,26,30). The maximum Gasteiger partial charge on any atom is 0.471 e. The minimum Gasteiger partial charge on any atom is -0.352 e. The van der Waals surface area contributed by atoms with Crippen LogP contribution in [0.5, 0.6) is 0 Å². The summed E-state index contributed by atoms with van der Waals surface area (Å²) in [5, 5.41) is 19.7. The van der Waals surface area contributed by atoms with E-state index in [9.17, 15) is 27.6 Å². The fraction of sp³-hybridized carbons (Fsp3) is 0.400. The summed E-state index contributed by atoms with van der Waals surface area (Å²) in [4.78, 5) is 13.3. The van der Waals surface area contributed by atoms with Crippen LogP contribution in [0.2, 0.25) is 0 Å². The van der Waals surface area contributed by atoms with Crippen LogP contribution in [0, 0.1) is 31.0 Å². The molecule has 1 saturated heterocycles. The van der Waals surface area contributed by atoms with E-state index in [1.54, 1.807) is 18.7 Å². The van der Waals surface area contributed by atoms with Crippen molar-refractivity contribution in [3.63, 3.8) is 0 Å². The highest BCUT2D eigenvalue weighted by atomic mass is 19.4. The van der Waals surface area contributed by atoms with Gasteiger partial charge in [0.05, 0.1) is 11.7 Å². The van der Waals surface area contributed by atoms with E-state index in [1.165, 1.54) is 24.3 Å². The third-order valence-electron chi connectivity index (χ3n) is 5.33.